The minimum Gasteiger partial charge on any atom is -0.481 e. The van der Waals surface area contributed by atoms with E-state index in [9.17, 15) is 14.7 Å². The van der Waals surface area contributed by atoms with Gasteiger partial charge in [-0.3, -0.25) is 9.59 Å². The lowest BCUT2D eigenvalue weighted by atomic mass is 9.97. The topological polar surface area (TPSA) is 83.8 Å². The molecule has 0 fully saturated rings. The highest BCUT2D eigenvalue weighted by molar-refractivity contribution is 5.78. The second-order valence-electron chi connectivity index (χ2n) is 6.69. The van der Waals surface area contributed by atoms with E-state index in [1.54, 1.807) is 6.92 Å². The fourth-order valence-corrected chi connectivity index (χ4v) is 2.70. The van der Waals surface area contributed by atoms with Crippen LogP contribution in [0.4, 0.5) is 0 Å². The Balaban J connectivity index is 3.72. The molecule has 2 unspecified atom stereocenters. The molecule has 0 bridgehead atoms. The Morgan fingerprint density at radius 1 is 0.917 bits per heavy atom. The van der Waals surface area contributed by atoms with Crippen LogP contribution in [0.1, 0.15) is 90.9 Å². The van der Waals surface area contributed by atoms with Crippen molar-refractivity contribution in [1.29, 1.82) is 0 Å². The number of rotatable bonds is 16. The molecule has 0 aromatic carbocycles. The van der Waals surface area contributed by atoms with Gasteiger partial charge in [0.15, 0.2) is 0 Å². The maximum atomic E-state index is 11.6. The summed E-state index contributed by atoms with van der Waals surface area (Å²) in [7, 11) is 0. The lowest BCUT2D eigenvalue weighted by Crippen LogP contribution is -2.23. The van der Waals surface area contributed by atoms with Crippen molar-refractivity contribution >= 4 is 11.9 Å². The minimum absolute atomic E-state index is 0.114. The van der Waals surface area contributed by atoms with Crippen LogP contribution in [0.2, 0.25) is 0 Å². The molecule has 5 nitrogen and oxygen atoms in total. The Bertz CT molecular complexity index is 330. The van der Waals surface area contributed by atoms with E-state index in [-0.39, 0.29) is 13.0 Å². The van der Waals surface area contributed by atoms with Crippen LogP contribution in [0.5, 0.6) is 0 Å². The van der Waals surface area contributed by atoms with Crippen molar-refractivity contribution < 1.29 is 24.5 Å². The van der Waals surface area contributed by atoms with Gasteiger partial charge in [0, 0.05) is 0 Å². The number of esters is 1. The maximum absolute atomic E-state index is 11.6. The molecule has 0 radical (unpaired) electrons. The summed E-state index contributed by atoms with van der Waals surface area (Å²) in [6, 6.07) is 0. The van der Waals surface area contributed by atoms with Gasteiger partial charge in [-0.15, -0.1) is 0 Å². The van der Waals surface area contributed by atoms with Crippen LogP contribution >= 0.6 is 0 Å². The standard InChI is InChI=1S/C19H36O5/c1-3-4-5-6-7-8-9-10-11-12-13-17(19(22)23)14-18(21)24-16(2)15-20/h16-17,20H,3-15H2,1-2H3,(H,22,23). The number of unbranched alkanes of at least 4 members (excludes halogenated alkanes) is 9. The number of aliphatic hydroxyl groups is 1. The number of carbonyl (C=O) groups excluding carboxylic acids is 1. The number of carboxylic acids is 1. The summed E-state index contributed by atoms with van der Waals surface area (Å²) in [4.78, 5) is 22.8. The van der Waals surface area contributed by atoms with Crippen LogP contribution in [-0.2, 0) is 14.3 Å². The fourth-order valence-electron chi connectivity index (χ4n) is 2.70. The number of carbonyl (C=O) groups is 2. The zero-order valence-corrected chi connectivity index (χ0v) is 15.5. The summed E-state index contributed by atoms with van der Waals surface area (Å²) in [5.74, 6) is -2.17. The molecule has 0 rings (SSSR count). The molecule has 0 aliphatic rings. The summed E-state index contributed by atoms with van der Waals surface area (Å²) in [6.07, 6.45) is 11.8. The van der Waals surface area contributed by atoms with E-state index in [2.05, 4.69) is 6.92 Å². The van der Waals surface area contributed by atoms with Gasteiger partial charge < -0.3 is 14.9 Å². The molecule has 0 amide bonds. The van der Waals surface area contributed by atoms with Crippen LogP contribution in [0.25, 0.3) is 0 Å². The first-order valence-electron chi connectivity index (χ1n) is 9.54. The Kier molecular flexibility index (Phi) is 14.7. The predicted molar refractivity (Wildman–Crippen MR) is 94.8 cm³/mol. The van der Waals surface area contributed by atoms with Gasteiger partial charge in [-0.2, -0.15) is 0 Å². The summed E-state index contributed by atoms with van der Waals surface area (Å²) in [5, 5.41) is 18.0. The van der Waals surface area contributed by atoms with Gasteiger partial charge >= 0.3 is 11.9 Å². The van der Waals surface area contributed by atoms with E-state index in [1.165, 1.54) is 44.9 Å². The number of hydrogen-bond acceptors (Lipinski definition) is 4. The van der Waals surface area contributed by atoms with Gasteiger partial charge in [-0.1, -0.05) is 71.1 Å². The van der Waals surface area contributed by atoms with Crippen molar-refractivity contribution in [2.75, 3.05) is 6.61 Å². The molecule has 0 saturated carbocycles. The van der Waals surface area contributed by atoms with Gasteiger partial charge in [0.25, 0.3) is 0 Å². The highest BCUT2D eigenvalue weighted by Gasteiger charge is 2.22. The SMILES string of the molecule is CCCCCCCCCCCCC(CC(=O)OC(C)CO)C(=O)O. The van der Waals surface area contributed by atoms with E-state index in [1.807, 2.05) is 0 Å². The molecule has 142 valence electrons. The van der Waals surface area contributed by atoms with Crippen molar-refractivity contribution in [1.82, 2.24) is 0 Å². The number of carboxylic acid groups (broad SMARTS) is 1. The molecule has 0 aliphatic heterocycles. The largest absolute Gasteiger partial charge is 0.481 e. The Hall–Kier alpha value is -1.10. The third-order valence-electron chi connectivity index (χ3n) is 4.26. The molecular weight excluding hydrogens is 308 g/mol. The summed E-state index contributed by atoms with van der Waals surface area (Å²) in [6.45, 7) is 3.55. The first-order valence-corrected chi connectivity index (χ1v) is 9.54. The van der Waals surface area contributed by atoms with E-state index in [0.29, 0.717) is 6.42 Å². The summed E-state index contributed by atoms with van der Waals surface area (Å²) >= 11 is 0. The zero-order chi connectivity index (χ0) is 18.2. The van der Waals surface area contributed by atoms with Gasteiger partial charge in [-0.05, 0) is 13.3 Å². The second-order valence-corrected chi connectivity index (χ2v) is 6.69. The van der Waals surface area contributed by atoms with Crippen LogP contribution in [-0.4, -0.2) is 34.9 Å². The molecule has 0 aliphatic carbocycles. The minimum atomic E-state index is -0.945. The van der Waals surface area contributed by atoms with Gasteiger partial charge in [0.2, 0.25) is 0 Å². The molecule has 0 aromatic heterocycles. The van der Waals surface area contributed by atoms with E-state index in [4.69, 9.17) is 9.84 Å². The average Bonchev–Trinajstić information content (AvgIpc) is 2.55. The fraction of sp³-hybridized carbons (Fsp3) is 0.895. The first-order chi connectivity index (χ1) is 11.5. The van der Waals surface area contributed by atoms with E-state index < -0.39 is 24.0 Å². The molecule has 24 heavy (non-hydrogen) atoms. The summed E-state index contributed by atoms with van der Waals surface area (Å²) in [5.41, 5.74) is 0. The van der Waals surface area contributed by atoms with E-state index >= 15 is 0 Å². The predicted octanol–water partition coefficient (Wildman–Crippen LogP) is 4.31. The van der Waals surface area contributed by atoms with Crippen LogP contribution in [0.3, 0.4) is 0 Å². The van der Waals surface area contributed by atoms with Crippen LogP contribution in [0, 0.1) is 5.92 Å². The van der Waals surface area contributed by atoms with Crippen molar-refractivity contribution in [3.05, 3.63) is 0 Å². The average molecular weight is 344 g/mol. The zero-order valence-electron chi connectivity index (χ0n) is 15.5. The molecule has 0 heterocycles. The van der Waals surface area contributed by atoms with Crippen molar-refractivity contribution in [2.45, 2.75) is 97.0 Å². The van der Waals surface area contributed by atoms with Crippen molar-refractivity contribution in [2.24, 2.45) is 5.92 Å². The van der Waals surface area contributed by atoms with Gasteiger partial charge in [0.1, 0.15) is 6.10 Å². The van der Waals surface area contributed by atoms with Gasteiger partial charge in [0.05, 0.1) is 18.9 Å². The number of aliphatic hydroxyl groups excluding tert-OH is 1. The Morgan fingerprint density at radius 3 is 1.88 bits per heavy atom. The number of ether oxygens (including phenoxy) is 1. The third-order valence-corrected chi connectivity index (χ3v) is 4.26. The Labute approximate surface area is 146 Å². The molecule has 2 N–H and O–H groups in total. The monoisotopic (exact) mass is 344 g/mol. The first kappa shape index (κ1) is 22.9. The smallest absolute Gasteiger partial charge is 0.307 e. The van der Waals surface area contributed by atoms with Crippen molar-refractivity contribution in [3.63, 3.8) is 0 Å². The molecule has 2 atom stereocenters. The van der Waals surface area contributed by atoms with Gasteiger partial charge in [-0.25, -0.2) is 0 Å². The maximum Gasteiger partial charge on any atom is 0.307 e. The quantitative estimate of drug-likeness (QED) is 0.322. The van der Waals surface area contributed by atoms with Crippen LogP contribution in [0.15, 0.2) is 0 Å². The second kappa shape index (κ2) is 15.4. The number of aliphatic carboxylic acids is 1. The number of hydrogen-bond donors (Lipinski definition) is 2. The molecule has 5 heteroatoms. The van der Waals surface area contributed by atoms with E-state index in [0.717, 1.165) is 19.3 Å². The molecular formula is C19H36O5. The molecule has 0 saturated heterocycles. The highest BCUT2D eigenvalue weighted by atomic mass is 16.5. The van der Waals surface area contributed by atoms with Crippen LogP contribution < -0.4 is 0 Å². The summed E-state index contributed by atoms with van der Waals surface area (Å²) < 4.78 is 4.93. The third kappa shape index (κ3) is 13.3. The Morgan fingerprint density at radius 2 is 1.42 bits per heavy atom. The highest BCUT2D eigenvalue weighted by Crippen LogP contribution is 2.17. The molecule has 0 aromatic rings. The van der Waals surface area contributed by atoms with Crippen molar-refractivity contribution in [3.8, 4) is 0 Å². The lowest BCUT2D eigenvalue weighted by Gasteiger charge is -2.14. The normalized spacial score (nSPS) is 13.5. The molecule has 0 spiro atoms. The lowest BCUT2D eigenvalue weighted by molar-refractivity contribution is -0.156.